The quantitative estimate of drug-likeness (QED) is 0.233. The highest BCUT2D eigenvalue weighted by atomic mass is 19.1. The van der Waals surface area contributed by atoms with Crippen molar-refractivity contribution in [2.24, 2.45) is 0 Å². The summed E-state index contributed by atoms with van der Waals surface area (Å²) >= 11 is 0. The number of carbonyl (C=O) groups is 2. The Kier molecular flexibility index (Phi) is 6.28. The van der Waals surface area contributed by atoms with Crippen LogP contribution >= 0.6 is 0 Å². The lowest BCUT2D eigenvalue weighted by molar-refractivity contribution is 0.0592. The zero-order valence-electron chi connectivity index (χ0n) is 21.6. The Morgan fingerprint density at radius 2 is 1.30 bits per heavy atom. The first-order valence-corrected chi connectivity index (χ1v) is 12.4. The lowest BCUT2D eigenvalue weighted by atomic mass is 9.93. The molecule has 196 valence electrons. The van der Waals surface area contributed by atoms with Crippen LogP contribution in [0.25, 0.3) is 50.0 Å². The van der Waals surface area contributed by atoms with Crippen LogP contribution < -0.4 is 0 Å². The van der Waals surface area contributed by atoms with Crippen LogP contribution in [0.1, 0.15) is 20.7 Å². The van der Waals surface area contributed by atoms with Gasteiger partial charge in [0.05, 0.1) is 36.4 Å². The summed E-state index contributed by atoms with van der Waals surface area (Å²) < 4.78 is 26.1. The summed E-state index contributed by atoms with van der Waals surface area (Å²) in [5.41, 5.74) is 5.69. The molecule has 0 unspecified atom stereocenters. The minimum atomic E-state index is -0.426. The summed E-state index contributed by atoms with van der Waals surface area (Å²) in [7, 11) is 2.68. The van der Waals surface area contributed by atoms with Gasteiger partial charge in [-0.3, -0.25) is 4.57 Å². The van der Waals surface area contributed by atoms with E-state index in [1.807, 2.05) is 41.0 Å². The second-order valence-electron chi connectivity index (χ2n) is 9.10. The molecule has 0 amide bonds. The van der Waals surface area contributed by atoms with E-state index in [-0.39, 0.29) is 5.82 Å². The number of fused-ring (bicyclic) bond motifs is 3. The second kappa shape index (κ2) is 10.1. The third kappa shape index (κ3) is 4.25. The molecule has 7 nitrogen and oxygen atoms in total. The molecule has 8 heteroatoms. The van der Waals surface area contributed by atoms with Crippen LogP contribution in [0.5, 0.6) is 0 Å². The zero-order valence-corrected chi connectivity index (χ0v) is 21.6. The van der Waals surface area contributed by atoms with E-state index in [0.717, 1.165) is 38.5 Å². The van der Waals surface area contributed by atoms with Crippen LogP contribution in [-0.2, 0) is 9.47 Å². The molecule has 0 aliphatic heterocycles. The molecule has 0 bridgehead atoms. The average Bonchev–Trinajstić information content (AvgIpc) is 3.33. The van der Waals surface area contributed by atoms with Gasteiger partial charge >= 0.3 is 11.9 Å². The number of hydrogen-bond donors (Lipinski definition) is 0. The Hall–Kier alpha value is -5.37. The number of methoxy groups -OCH3 is 2. The summed E-state index contributed by atoms with van der Waals surface area (Å²) in [4.78, 5) is 33.0. The predicted octanol–water partition coefficient (Wildman–Crippen LogP) is 6.62. The van der Waals surface area contributed by atoms with Crippen molar-refractivity contribution in [3.05, 3.63) is 114 Å². The van der Waals surface area contributed by atoms with Crippen LogP contribution in [0.4, 0.5) is 4.39 Å². The fourth-order valence-electron chi connectivity index (χ4n) is 4.95. The van der Waals surface area contributed by atoms with Gasteiger partial charge < -0.3 is 9.47 Å². The molecule has 2 aromatic heterocycles. The minimum Gasteiger partial charge on any atom is -0.465 e. The molecule has 4 aromatic carbocycles. The summed E-state index contributed by atoms with van der Waals surface area (Å²) in [6.45, 7) is 0. The first-order chi connectivity index (χ1) is 19.5. The van der Waals surface area contributed by atoms with Crippen molar-refractivity contribution >= 4 is 33.7 Å². The fourth-order valence-corrected chi connectivity index (χ4v) is 4.95. The van der Waals surface area contributed by atoms with Crippen LogP contribution in [0.3, 0.4) is 0 Å². The van der Waals surface area contributed by atoms with Gasteiger partial charge in [-0.2, -0.15) is 0 Å². The number of rotatable bonds is 5. The van der Waals surface area contributed by atoms with Crippen molar-refractivity contribution in [2.45, 2.75) is 0 Å². The normalized spacial score (nSPS) is 11.1. The summed E-state index contributed by atoms with van der Waals surface area (Å²) in [6.07, 6.45) is 3.28. The van der Waals surface area contributed by atoms with E-state index in [4.69, 9.17) is 9.47 Å². The maximum Gasteiger partial charge on any atom is 0.337 e. The Bertz CT molecular complexity index is 1900. The van der Waals surface area contributed by atoms with E-state index in [2.05, 4.69) is 9.97 Å². The highest BCUT2D eigenvalue weighted by Crippen LogP contribution is 2.41. The van der Waals surface area contributed by atoms with Gasteiger partial charge in [-0.05, 0) is 82.9 Å². The summed E-state index contributed by atoms with van der Waals surface area (Å²) in [5.74, 6) is -0.824. The van der Waals surface area contributed by atoms with Gasteiger partial charge in [0.15, 0.2) is 0 Å². The first-order valence-electron chi connectivity index (χ1n) is 12.4. The summed E-state index contributed by atoms with van der Waals surface area (Å²) in [5, 5.41) is 1.70. The van der Waals surface area contributed by atoms with E-state index < -0.39 is 11.9 Å². The number of esters is 2. The topological polar surface area (TPSA) is 83.3 Å². The molecular formula is C32H22FN3O4. The molecular weight excluding hydrogens is 509 g/mol. The summed E-state index contributed by atoms with van der Waals surface area (Å²) in [6, 6.07) is 24.7. The second-order valence-corrected chi connectivity index (χ2v) is 9.10. The number of aromatic nitrogens is 3. The van der Waals surface area contributed by atoms with Crippen LogP contribution in [-0.4, -0.2) is 40.7 Å². The third-order valence-corrected chi connectivity index (χ3v) is 6.84. The third-order valence-electron chi connectivity index (χ3n) is 6.84. The van der Waals surface area contributed by atoms with Crippen molar-refractivity contribution in [3.8, 4) is 28.2 Å². The maximum absolute atomic E-state index is 14.6. The van der Waals surface area contributed by atoms with Crippen LogP contribution in [0, 0.1) is 5.82 Å². The zero-order chi connectivity index (χ0) is 27.8. The number of halogens is 1. The molecule has 0 N–H and O–H groups in total. The maximum atomic E-state index is 14.6. The van der Waals surface area contributed by atoms with Gasteiger partial charge in [-0.1, -0.05) is 24.3 Å². The first kappa shape index (κ1) is 24.9. The Morgan fingerprint density at radius 1 is 0.700 bits per heavy atom. The Labute approximate surface area is 228 Å². The van der Waals surface area contributed by atoms with Crippen molar-refractivity contribution in [1.82, 2.24) is 14.5 Å². The van der Waals surface area contributed by atoms with Gasteiger partial charge in [0.25, 0.3) is 0 Å². The molecule has 0 saturated heterocycles. The highest BCUT2D eigenvalue weighted by Gasteiger charge is 2.20. The minimum absolute atomic E-state index is 0.380. The number of ether oxygens (including phenoxy) is 2. The smallest absolute Gasteiger partial charge is 0.337 e. The van der Waals surface area contributed by atoms with E-state index in [0.29, 0.717) is 22.6 Å². The fraction of sp³-hybridized carbons (Fsp3) is 0.0625. The average molecular weight is 532 g/mol. The van der Waals surface area contributed by atoms with Crippen molar-refractivity contribution in [3.63, 3.8) is 0 Å². The van der Waals surface area contributed by atoms with Crippen LogP contribution in [0.15, 0.2) is 97.3 Å². The van der Waals surface area contributed by atoms with Gasteiger partial charge in [-0.25, -0.2) is 23.9 Å². The van der Waals surface area contributed by atoms with Gasteiger partial charge in [0.1, 0.15) is 5.82 Å². The van der Waals surface area contributed by atoms with Crippen LogP contribution in [0.2, 0.25) is 0 Å². The molecule has 6 aromatic rings. The van der Waals surface area contributed by atoms with E-state index in [1.54, 1.807) is 48.8 Å². The van der Waals surface area contributed by atoms with Gasteiger partial charge in [0, 0.05) is 23.2 Å². The molecule has 0 fully saturated rings. The molecule has 2 heterocycles. The molecule has 0 aliphatic carbocycles. The van der Waals surface area contributed by atoms with Crippen molar-refractivity contribution in [2.75, 3.05) is 14.2 Å². The number of hydrogen-bond acceptors (Lipinski definition) is 6. The molecule has 0 radical (unpaired) electrons. The lowest BCUT2D eigenvalue weighted by Gasteiger charge is -2.12. The van der Waals surface area contributed by atoms with Crippen molar-refractivity contribution < 1.29 is 23.5 Å². The lowest BCUT2D eigenvalue weighted by Crippen LogP contribution is -2.01. The molecule has 0 saturated carbocycles. The molecule has 0 aliphatic rings. The monoisotopic (exact) mass is 531 g/mol. The van der Waals surface area contributed by atoms with Crippen molar-refractivity contribution in [1.29, 1.82) is 0 Å². The van der Waals surface area contributed by atoms with Gasteiger partial charge in [-0.15, -0.1) is 0 Å². The number of benzene rings is 4. The van der Waals surface area contributed by atoms with E-state index in [1.165, 1.54) is 26.4 Å². The Balaban J connectivity index is 1.68. The standard InChI is InChI=1S/C32H22FN3O4/c1-39-30(37)21-8-4-19(5-9-21)23-16-26(20-6-10-22(11-7-20)31(38)40-2)29-25-13-12-24(33)18-27(25)36(28(29)17-23)32-34-14-3-15-35-32/h3-18H,1-2H3. The molecule has 0 spiro atoms. The highest BCUT2D eigenvalue weighted by molar-refractivity contribution is 6.17. The number of nitrogens with zero attached hydrogens (tertiary/aromatic N) is 3. The molecule has 0 atom stereocenters. The van der Waals surface area contributed by atoms with E-state index >= 15 is 0 Å². The molecule has 40 heavy (non-hydrogen) atoms. The largest absolute Gasteiger partial charge is 0.465 e. The number of carbonyl (C=O) groups excluding carboxylic acids is 2. The molecule has 6 rings (SSSR count). The SMILES string of the molecule is COC(=O)c1ccc(-c2cc(-c3ccc(C(=O)OC)cc3)c3c4ccc(F)cc4n(-c4ncccn4)c3c2)cc1. The predicted molar refractivity (Wildman–Crippen MR) is 150 cm³/mol. The van der Waals surface area contributed by atoms with E-state index in [9.17, 15) is 14.0 Å². The van der Waals surface area contributed by atoms with Gasteiger partial charge in [0.2, 0.25) is 5.95 Å². The Morgan fingerprint density at radius 3 is 1.90 bits per heavy atom.